The van der Waals surface area contributed by atoms with E-state index in [1.165, 1.54) is 43.2 Å². The van der Waals surface area contributed by atoms with E-state index < -0.39 is 0 Å². The van der Waals surface area contributed by atoms with Gasteiger partial charge in [0, 0.05) is 0 Å². The summed E-state index contributed by atoms with van der Waals surface area (Å²) >= 11 is 0. The minimum atomic E-state index is 0.128. The molecule has 1 aliphatic rings. The second kappa shape index (κ2) is 8.08. The van der Waals surface area contributed by atoms with Gasteiger partial charge in [-0.3, -0.25) is 5.84 Å². The van der Waals surface area contributed by atoms with Gasteiger partial charge in [0.1, 0.15) is 5.75 Å². The lowest BCUT2D eigenvalue weighted by Gasteiger charge is -2.22. The fourth-order valence-electron chi connectivity index (χ4n) is 2.82. The van der Waals surface area contributed by atoms with Crippen LogP contribution in [-0.2, 0) is 0 Å². The van der Waals surface area contributed by atoms with Gasteiger partial charge in [0.15, 0.2) is 0 Å². The summed E-state index contributed by atoms with van der Waals surface area (Å²) in [6.45, 7) is 2.69. The lowest BCUT2D eigenvalue weighted by molar-refractivity contribution is 0.340. The van der Waals surface area contributed by atoms with Crippen molar-refractivity contribution in [2.45, 2.75) is 51.5 Å². The molecule has 0 saturated carbocycles. The molecule has 1 aromatic carbocycles. The molecule has 0 aromatic heterocycles. The number of nitrogens with two attached hydrogens (primary N) is 1. The van der Waals surface area contributed by atoms with Gasteiger partial charge in [0.05, 0.1) is 12.6 Å². The molecular formula is C17H26N2O. The standard InChI is InChI=1S/C17H26N2O/c1-2-20-16-12-10-15(11-13-16)17(19-18)14-8-6-4-3-5-7-9-14/h8,10-13,17,19H,2-7,9,18H2,1H3/b14-8+. The minimum Gasteiger partial charge on any atom is -0.494 e. The Balaban J connectivity index is 2.13. The first-order valence-corrected chi connectivity index (χ1v) is 7.73. The Morgan fingerprint density at radius 2 is 1.90 bits per heavy atom. The highest BCUT2D eigenvalue weighted by atomic mass is 16.5. The molecule has 3 N–H and O–H groups in total. The molecule has 3 heteroatoms. The SMILES string of the molecule is CCOc1ccc(C(NN)/C2=C/CCCCCC2)cc1. The van der Waals surface area contributed by atoms with E-state index in [1.807, 2.05) is 19.1 Å². The van der Waals surface area contributed by atoms with Gasteiger partial charge in [-0.05, 0) is 50.3 Å². The van der Waals surface area contributed by atoms with Crippen molar-refractivity contribution in [3.8, 4) is 5.75 Å². The quantitative estimate of drug-likeness (QED) is 0.487. The van der Waals surface area contributed by atoms with Crippen molar-refractivity contribution in [2.75, 3.05) is 6.61 Å². The van der Waals surface area contributed by atoms with Crippen LogP contribution in [0.1, 0.15) is 57.1 Å². The van der Waals surface area contributed by atoms with Crippen molar-refractivity contribution in [3.05, 3.63) is 41.5 Å². The average molecular weight is 274 g/mol. The Morgan fingerprint density at radius 3 is 2.60 bits per heavy atom. The molecule has 2 rings (SSSR count). The fraction of sp³-hybridized carbons (Fsp3) is 0.529. The molecular weight excluding hydrogens is 248 g/mol. The summed E-state index contributed by atoms with van der Waals surface area (Å²) in [7, 11) is 0. The fourth-order valence-corrected chi connectivity index (χ4v) is 2.82. The zero-order valence-corrected chi connectivity index (χ0v) is 12.4. The zero-order valence-electron chi connectivity index (χ0n) is 12.4. The predicted octanol–water partition coefficient (Wildman–Crippen LogP) is 3.87. The van der Waals surface area contributed by atoms with Crippen molar-refractivity contribution >= 4 is 0 Å². The van der Waals surface area contributed by atoms with Gasteiger partial charge >= 0.3 is 0 Å². The number of hydrogen-bond acceptors (Lipinski definition) is 3. The van der Waals surface area contributed by atoms with Crippen LogP contribution in [0.25, 0.3) is 0 Å². The van der Waals surface area contributed by atoms with Crippen LogP contribution in [0.3, 0.4) is 0 Å². The van der Waals surface area contributed by atoms with Crippen molar-refractivity contribution in [1.82, 2.24) is 5.43 Å². The van der Waals surface area contributed by atoms with Crippen molar-refractivity contribution in [3.63, 3.8) is 0 Å². The first-order valence-electron chi connectivity index (χ1n) is 7.73. The van der Waals surface area contributed by atoms with Gasteiger partial charge in [-0.1, -0.05) is 36.6 Å². The molecule has 1 aliphatic carbocycles. The van der Waals surface area contributed by atoms with Crippen LogP contribution >= 0.6 is 0 Å². The average Bonchev–Trinajstić information content (AvgIpc) is 2.43. The summed E-state index contributed by atoms with van der Waals surface area (Å²) in [6.07, 6.45) is 9.93. The number of benzene rings is 1. The molecule has 20 heavy (non-hydrogen) atoms. The Labute approximate surface area is 122 Å². The minimum absolute atomic E-state index is 0.128. The van der Waals surface area contributed by atoms with Crippen molar-refractivity contribution in [2.24, 2.45) is 5.84 Å². The van der Waals surface area contributed by atoms with E-state index in [1.54, 1.807) is 0 Å². The van der Waals surface area contributed by atoms with Gasteiger partial charge in [-0.25, -0.2) is 5.43 Å². The number of allylic oxidation sites excluding steroid dienone is 1. The molecule has 1 aromatic rings. The summed E-state index contributed by atoms with van der Waals surface area (Å²) in [6, 6.07) is 8.38. The van der Waals surface area contributed by atoms with Crippen LogP contribution < -0.4 is 16.0 Å². The summed E-state index contributed by atoms with van der Waals surface area (Å²) < 4.78 is 5.49. The Kier molecular flexibility index (Phi) is 6.09. The van der Waals surface area contributed by atoms with E-state index in [2.05, 4.69) is 23.6 Å². The van der Waals surface area contributed by atoms with E-state index in [-0.39, 0.29) is 6.04 Å². The highest BCUT2D eigenvalue weighted by molar-refractivity contribution is 5.33. The van der Waals surface area contributed by atoms with E-state index in [0.717, 1.165) is 12.2 Å². The maximum Gasteiger partial charge on any atom is 0.119 e. The van der Waals surface area contributed by atoms with Crippen LogP contribution in [-0.4, -0.2) is 6.61 Å². The van der Waals surface area contributed by atoms with Gasteiger partial charge in [0.25, 0.3) is 0 Å². The van der Waals surface area contributed by atoms with Gasteiger partial charge in [-0.2, -0.15) is 0 Å². The number of hydrazine groups is 1. The second-order valence-corrected chi connectivity index (χ2v) is 5.33. The third-order valence-corrected chi connectivity index (χ3v) is 3.89. The van der Waals surface area contributed by atoms with Crippen LogP contribution in [0.15, 0.2) is 35.9 Å². The lowest BCUT2D eigenvalue weighted by atomic mass is 9.91. The van der Waals surface area contributed by atoms with Crippen LogP contribution in [0.5, 0.6) is 5.75 Å². The molecule has 0 spiro atoms. The monoisotopic (exact) mass is 274 g/mol. The second-order valence-electron chi connectivity index (χ2n) is 5.33. The number of ether oxygens (including phenoxy) is 1. The first-order chi connectivity index (χ1) is 9.85. The topological polar surface area (TPSA) is 47.3 Å². The molecule has 0 radical (unpaired) electrons. The number of nitrogens with one attached hydrogen (secondary N) is 1. The molecule has 0 saturated heterocycles. The summed E-state index contributed by atoms with van der Waals surface area (Å²) in [4.78, 5) is 0. The summed E-state index contributed by atoms with van der Waals surface area (Å²) in [5, 5.41) is 0. The smallest absolute Gasteiger partial charge is 0.119 e. The molecule has 3 nitrogen and oxygen atoms in total. The van der Waals surface area contributed by atoms with E-state index in [0.29, 0.717) is 6.61 Å². The molecule has 0 bridgehead atoms. The first kappa shape index (κ1) is 15.1. The molecule has 0 fully saturated rings. The maximum absolute atomic E-state index is 5.80. The van der Waals surface area contributed by atoms with Crippen molar-refractivity contribution in [1.29, 1.82) is 0 Å². The number of rotatable bonds is 5. The molecule has 1 unspecified atom stereocenters. The van der Waals surface area contributed by atoms with E-state index in [9.17, 15) is 0 Å². The largest absolute Gasteiger partial charge is 0.494 e. The highest BCUT2D eigenvalue weighted by Crippen LogP contribution is 2.29. The molecule has 0 aliphatic heterocycles. The van der Waals surface area contributed by atoms with Gasteiger partial charge in [0.2, 0.25) is 0 Å². The Morgan fingerprint density at radius 1 is 1.15 bits per heavy atom. The summed E-state index contributed by atoms with van der Waals surface area (Å²) in [5.74, 6) is 6.72. The Bertz CT molecular complexity index is 425. The highest BCUT2D eigenvalue weighted by Gasteiger charge is 2.15. The van der Waals surface area contributed by atoms with Crippen molar-refractivity contribution < 1.29 is 4.74 Å². The third kappa shape index (κ3) is 4.09. The van der Waals surface area contributed by atoms with Crippen LogP contribution in [0, 0.1) is 0 Å². The van der Waals surface area contributed by atoms with Crippen LogP contribution in [0.2, 0.25) is 0 Å². The maximum atomic E-state index is 5.80. The molecule has 0 amide bonds. The zero-order chi connectivity index (χ0) is 14.2. The molecule has 0 heterocycles. The number of hydrogen-bond donors (Lipinski definition) is 2. The van der Waals surface area contributed by atoms with E-state index in [4.69, 9.17) is 10.6 Å². The predicted molar refractivity (Wildman–Crippen MR) is 83.5 cm³/mol. The van der Waals surface area contributed by atoms with E-state index >= 15 is 0 Å². The molecule has 110 valence electrons. The Hall–Kier alpha value is -1.32. The lowest BCUT2D eigenvalue weighted by Crippen LogP contribution is -2.29. The van der Waals surface area contributed by atoms with Gasteiger partial charge in [-0.15, -0.1) is 0 Å². The normalized spacial score (nSPS) is 20.4. The van der Waals surface area contributed by atoms with Crippen LogP contribution in [0.4, 0.5) is 0 Å². The van der Waals surface area contributed by atoms with Gasteiger partial charge < -0.3 is 4.74 Å². The summed E-state index contributed by atoms with van der Waals surface area (Å²) in [5.41, 5.74) is 5.62. The molecule has 1 atom stereocenters. The third-order valence-electron chi connectivity index (χ3n) is 3.89.